The number of anilines is 1. The van der Waals surface area contributed by atoms with Crippen LogP contribution in [0.4, 0.5) is 5.69 Å². The molecule has 5 nitrogen and oxygen atoms in total. The van der Waals surface area contributed by atoms with Crippen molar-refractivity contribution in [1.82, 2.24) is 0 Å². The summed E-state index contributed by atoms with van der Waals surface area (Å²) in [5, 5.41) is 9.40. The first-order valence-electron chi connectivity index (χ1n) is 7.34. The van der Waals surface area contributed by atoms with Gasteiger partial charge >= 0.3 is 5.97 Å². The summed E-state index contributed by atoms with van der Waals surface area (Å²) in [5.41, 5.74) is 2.29. The second-order valence-electron chi connectivity index (χ2n) is 5.12. The number of benzene rings is 1. The molecule has 1 unspecified atom stereocenters. The summed E-state index contributed by atoms with van der Waals surface area (Å²) in [6.07, 6.45) is 4.51. The Morgan fingerprint density at radius 2 is 1.78 bits per heavy atom. The summed E-state index contributed by atoms with van der Waals surface area (Å²) in [6.45, 7) is 8.75. The number of para-hydroxylation sites is 1. The molecular weight excluding hydrogens is 294 g/mol. The van der Waals surface area contributed by atoms with Crippen LogP contribution in [0.5, 0.6) is 0 Å². The molecule has 0 saturated heterocycles. The summed E-state index contributed by atoms with van der Waals surface area (Å²) >= 11 is 0. The number of carbonyl (C=O) groups is 2. The molecule has 23 heavy (non-hydrogen) atoms. The molecule has 0 aliphatic carbocycles. The molecule has 1 amide bonds. The van der Waals surface area contributed by atoms with Gasteiger partial charge < -0.3 is 9.84 Å². The van der Waals surface area contributed by atoms with Crippen LogP contribution in [0.25, 0.3) is 0 Å². The first-order chi connectivity index (χ1) is 11.0. The summed E-state index contributed by atoms with van der Waals surface area (Å²) in [5.74, 6) is -1.48. The molecule has 1 N–H and O–H groups in total. The predicted molar refractivity (Wildman–Crippen MR) is 90.7 cm³/mol. The van der Waals surface area contributed by atoms with Crippen LogP contribution in [0.15, 0.2) is 43.5 Å². The van der Waals surface area contributed by atoms with Crippen LogP contribution in [-0.4, -0.2) is 36.7 Å². The summed E-state index contributed by atoms with van der Waals surface area (Å²) < 4.78 is 4.91. The Kier molecular flexibility index (Phi) is 7.22. The number of methoxy groups -OCH3 is 1. The Morgan fingerprint density at radius 3 is 2.17 bits per heavy atom. The number of hydrogen-bond acceptors (Lipinski definition) is 3. The minimum Gasteiger partial charge on any atom is -0.480 e. The molecule has 0 bridgehead atoms. The highest BCUT2D eigenvalue weighted by molar-refractivity contribution is 6.01. The number of allylic oxidation sites excluding steroid dienone is 2. The molecule has 1 aromatic rings. The quantitative estimate of drug-likeness (QED) is 0.711. The lowest BCUT2D eigenvalue weighted by Gasteiger charge is -2.30. The van der Waals surface area contributed by atoms with E-state index in [4.69, 9.17) is 4.74 Å². The van der Waals surface area contributed by atoms with Crippen molar-refractivity contribution in [1.29, 1.82) is 0 Å². The van der Waals surface area contributed by atoms with Crippen LogP contribution in [0.2, 0.25) is 0 Å². The number of amides is 1. The van der Waals surface area contributed by atoms with Crippen LogP contribution in [0, 0.1) is 0 Å². The second kappa shape index (κ2) is 8.90. The smallest absolute Gasteiger partial charge is 0.326 e. The summed E-state index contributed by atoms with van der Waals surface area (Å²) in [6, 6.07) is 4.61. The molecule has 0 aliphatic rings. The van der Waals surface area contributed by atoms with E-state index in [0.29, 0.717) is 18.5 Å². The van der Waals surface area contributed by atoms with Gasteiger partial charge in [-0.2, -0.15) is 0 Å². The van der Waals surface area contributed by atoms with Crippen molar-refractivity contribution in [3.8, 4) is 0 Å². The largest absolute Gasteiger partial charge is 0.480 e. The van der Waals surface area contributed by atoms with Gasteiger partial charge in [0.05, 0.1) is 5.69 Å². The van der Waals surface area contributed by atoms with E-state index in [-0.39, 0.29) is 6.61 Å². The first kappa shape index (κ1) is 18.6. The number of rotatable bonds is 9. The zero-order valence-electron chi connectivity index (χ0n) is 13.6. The molecule has 0 aliphatic heterocycles. The van der Waals surface area contributed by atoms with Gasteiger partial charge in [-0.05, 0) is 30.9 Å². The Balaban J connectivity index is 3.53. The predicted octanol–water partition coefficient (Wildman–Crippen LogP) is 2.60. The van der Waals surface area contributed by atoms with E-state index in [2.05, 4.69) is 13.2 Å². The Hall–Kier alpha value is -2.40. The molecule has 0 fully saturated rings. The molecule has 0 spiro atoms. The van der Waals surface area contributed by atoms with E-state index >= 15 is 0 Å². The van der Waals surface area contributed by atoms with Gasteiger partial charge in [0.25, 0.3) is 5.91 Å². The van der Waals surface area contributed by atoms with Gasteiger partial charge in [-0.25, -0.2) is 4.79 Å². The van der Waals surface area contributed by atoms with Gasteiger partial charge in [0.15, 0.2) is 0 Å². The summed E-state index contributed by atoms with van der Waals surface area (Å²) in [7, 11) is 1.40. The number of carboxylic acids is 1. The fraction of sp³-hybridized carbons (Fsp3) is 0.333. The number of ether oxygens (including phenoxy) is 1. The van der Waals surface area contributed by atoms with Crippen LogP contribution in [-0.2, 0) is 27.2 Å². The lowest BCUT2D eigenvalue weighted by molar-refractivity contribution is -0.140. The van der Waals surface area contributed by atoms with Gasteiger partial charge in [-0.15, -0.1) is 13.2 Å². The highest BCUT2D eigenvalue weighted by Crippen LogP contribution is 2.29. The first-order valence-corrected chi connectivity index (χ1v) is 7.34. The van der Waals surface area contributed by atoms with Gasteiger partial charge in [0.2, 0.25) is 0 Å². The standard InChI is InChI=1S/C18H23NO4/c1-5-8-14-10-7-11-15(9-6-2)17(14)19(13(3)18(21)22)16(20)12-23-4/h5-7,10-11,13H,1-2,8-9,12H2,3-4H3,(H,21,22). The van der Waals surface area contributed by atoms with Gasteiger partial charge in [-0.3, -0.25) is 9.69 Å². The van der Waals surface area contributed by atoms with Crippen molar-refractivity contribution in [3.05, 3.63) is 54.6 Å². The van der Waals surface area contributed by atoms with Gasteiger partial charge in [0.1, 0.15) is 12.6 Å². The Morgan fingerprint density at radius 1 is 1.26 bits per heavy atom. The maximum Gasteiger partial charge on any atom is 0.326 e. The highest BCUT2D eigenvalue weighted by atomic mass is 16.5. The van der Waals surface area contributed by atoms with Gasteiger partial charge in [0, 0.05) is 7.11 Å². The van der Waals surface area contributed by atoms with E-state index in [9.17, 15) is 14.7 Å². The molecular formula is C18H23NO4. The molecule has 5 heteroatoms. The monoisotopic (exact) mass is 317 g/mol. The van der Waals surface area contributed by atoms with Crippen molar-refractivity contribution >= 4 is 17.6 Å². The molecule has 1 aromatic carbocycles. The minimum atomic E-state index is -1.08. The lowest BCUT2D eigenvalue weighted by Crippen LogP contribution is -2.46. The molecule has 0 saturated carbocycles. The van der Waals surface area contributed by atoms with E-state index in [1.807, 2.05) is 18.2 Å². The number of carboxylic acid groups (broad SMARTS) is 1. The fourth-order valence-electron chi connectivity index (χ4n) is 2.43. The molecule has 124 valence electrons. The average Bonchev–Trinajstić information content (AvgIpc) is 2.50. The van der Waals surface area contributed by atoms with Crippen molar-refractivity contribution in [2.75, 3.05) is 18.6 Å². The SMILES string of the molecule is C=CCc1cccc(CC=C)c1N(C(=O)COC)C(C)C(=O)O. The molecule has 1 atom stereocenters. The zero-order valence-corrected chi connectivity index (χ0v) is 13.6. The fourth-order valence-corrected chi connectivity index (χ4v) is 2.43. The Labute approximate surface area is 136 Å². The number of nitrogens with zero attached hydrogens (tertiary/aromatic N) is 1. The van der Waals surface area contributed by atoms with Crippen molar-refractivity contribution < 1.29 is 19.4 Å². The summed E-state index contributed by atoms with van der Waals surface area (Å²) in [4.78, 5) is 25.3. The van der Waals surface area contributed by atoms with Gasteiger partial charge in [-0.1, -0.05) is 30.4 Å². The van der Waals surface area contributed by atoms with Crippen LogP contribution < -0.4 is 4.90 Å². The highest BCUT2D eigenvalue weighted by Gasteiger charge is 2.30. The van der Waals surface area contributed by atoms with E-state index in [1.54, 1.807) is 12.2 Å². The van der Waals surface area contributed by atoms with E-state index in [1.165, 1.54) is 18.9 Å². The van der Waals surface area contributed by atoms with Crippen molar-refractivity contribution in [2.45, 2.75) is 25.8 Å². The normalized spacial score (nSPS) is 11.6. The maximum absolute atomic E-state index is 12.5. The number of hydrogen-bond donors (Lipinski definition) is 1. The minimum absolute atomic E-state index is 0.187. The lowest BCUT2D eigenvalue weighted by atomic mass is 9.99. The molecule has 1 rings (SSSR count). The second-order valence-corrected chi connectivity index (χ2v) is 5.12. The molecule has 0 heterocycles. The third-order valence-electron chi connectivity index (χ3n) is 3.45. The Bertz CT molecular complexity index is 566. The third-order valence-corrected chi connectivity index (χ3v) is 3.45. The van der Waals surface area contributed by atoms with Crippen LogP contribution in [0.3, 0.4) is 0 Å². The zero-order chi connectivity index (χ0) is 17.4. The molecule has 0 aromatic heterocycles. The van der Waals surface area contributed by atoms with Crippen molar-refractivity contribution in [3.63, 3.8) is 0 Å². The number of aliphatic carboxylic acids is 1. The maximum atomic E-state index is 12.5. The van der Waals surface area contributed by atoms with Crippen LogP contribution in [0.1, 0.15) is 18.1 Å². The van der Waals surface area contributed by atoms with E-state index in [0.717, 1.165) is 11.1 Å². The topological polar surface area (TPSA) is 66.8 Å². The molecule has 0 radical (unpaired) electrons. The third kappa shape index (κ3) is 4.53. The van der Waals surface area contributed by atoms with Crippen LogP contribution >= 0.6 is 0 Å². The average molecular weight is 317 g/mol. The number of carbonyl (C=O) groups excluding carboxylic acids is 1. The van der Waals surface area contributed by atoms with Crippen molar-refractivity contribution in [2.24, 2.45) is 0 Å². The van der Waals surface area contributed by atoms with E-state index < -0.39 is 17.9 Å².